The SMILES string of the molecule is COc1nc(NC2Cc3ccccc3C2)ncc1Br. The second-order valence-corrected chi connectivity index (χ2v) is 5.42. The number of benzene rings is 1. The Bertz CT molecular complexity index is 578. The number of anilines is 1. The summed E-state index contributed by atoms with van der Waals surface area (Å²) in [5.41, 5.74) is 2.81. The van der Waals surface area contributed by atoms with Gasteiger partial charge in [0.05, 0.1) is 17.8 Å². The lowest BCUT2D eigenvalue weighted by molar-refractivity contribution is 0.394. The highest BCUT2D eigenvalue weighted by Crippen LogP contribution is 2.25. The Balaban J connectivity index is 1.74. The van der Waals surface area contributed by atoms with Gasteiger partial charge in [-0.05, 0) is 39.9 Å². The van der Waals surface area contributed by atoms with E-state index in [1.165, 1.54) is 11.1 Å². The van der Waals surface area contributed by atoms with Crippen LogP contribution in [-0.4, -0.2) is 23.1 Å². The first-order chi connectivity index (χ1) is 9.26. The van der Waals surface area contributed by atoms with E-state index >= 15 is 0 Å². The minimum atomic E-state index is 0.350. The predicted molar refractivity (Wildman–Crippen MR) is 77.5 cm³/mol. The van der Waals surface area contributed by atoms with Crippen LogP contribution in [0.4, 0.5) is 5.95 Å². The van der Waals surface area contributed by atoms with Gasteiger partial charge in [-0.25, -0.2) is 4.98 Å². The maximum Gasteiger partial charge on any atom is 0.232 e. The normalized spacial score (nSPS) is 14.2. The molecule has 1 aromatic carbocycles. The topological polar surface area (TPSA) is 47.0 Å². The van der Waals surface area contributed by atoms with E-state index in [0.717, 1.165) is 17.3 Å². The smallest absolute Gasteiger partial charge is 0.232 e. The molecule has 1 aliphatic carbocycles. The summed E-state index contributed by atoms with van der Waals surface area (Å²) in [7, 11) is 1.60. The van der Waals surface area contributed by atoms with Gasteiger partial charge in [-0.15, -0.1) is 0 Å². The summed E-state index contributed by atoms with van der Waals surface area (Å²) in [4.78, 5) is 8.59. The number of ether oxygens (including phenoxy) is 1. The fraction of sp³-hybridized carbons (Fsp3) is 0.286. The molecule has 0 aliphatic heterocycles. The monoisotopic (exact) mass is 319 g/mol. The number of nitrogens with zero attached hydrogens (tertiary/aromatic N) is 2. The van der Waals surface area contributed by atoms with Crippen molar-refractivity contribution in [3.63, 3.8) is 0 Å². The van der Waals surface area contributed by atoms with Gasteiger partial charge >= 0.3 is 0 Å². The molecule has 0 unspecified atom stereocenters. The molecule has 0 radical (unpaired) electrons. The van der Waals surface area contributed by atoms with Crippen LogP contribution in [0.25, 0.3) is 0 Å². The van der Waals surface area contributed by atoms with Gasteiger partial charge in [0.2, 0.25) is 11.8 Å². The van der Waals surface area contributed by atoms with Crippen molar-refractivity contribution >= 4 is 21.9 Å². The fourth-order valence-corrected chi connectivity index (χ4v) is 2.76. The Kier molecular flexibility index (Phi) is 3.38. The van der Waals surface area contributed by atoms with Gasteiger partial charge < -0.3 is 10.1 Å². The number of hydrogen-bond donors (Lipinski definition) is 1. The Hall–Kier alpha value is -1.62. The van der Waals surface area contributed by atoms with Gasteiger partial charge in [-0.1, -0.05) is 24.3 Å². The van der Waals surface area contributed by atoms with E-state index in [1.807, 2.05) is 0 Å². The Morgan fingerprint density at radius 3 is 2.58 bits per heavy atom. The lowest BCUT2D eigenvalue weighted by Crippen LogP contribution is -2.21. The van der Waals surface area contributed by atoms with Gasteiger partial charge in [-0.2, -0.15) is 4.98 Å². The molecular formula is C14H14BrN3O. The summed E-state index contributed by atoms with van der Waals surface area (Å²) in [6, 6.07) is 8.88. The van der Waals surface area contributed by atoms with Crippen LogP contribution in [0.5, 0.6) is 5.88 Å². The number of hydrogen-bond acceptors (Lipinski definition) is 4. The van der Waals surface area contributed by atoms with Crippen molar-refractivity contribution < 1.29 is 4.74 Å². The number of halogens is 1. The van der Waals surface area contributed by atoms with Crippen LogP contribution < -0.4 is 10.1 Å². The van der Waals surface area contributed by atoms with Crippen LogP contribution in [0.15, 0.2) is 34.9 Å². The zero-order valence-corrected chi connectivity index (χ0v) is 12.1. The highest BCUT2D eigenvalue weighted by Gasteiger charge is 2.21. The average molecular weight is 320 g/mol. The van der Waals surface area contributed by atoms with Crippen molar-refractivity contribution in [3.8, 4) is 5.88 Å². The van der Waals surface area contributed by atoms with E-state index in [2.05, 4.69) is 55.5 Å². The molecule has 5 heteroatoms. The molecule has 98 valence electrons. The second-order valence-electron chi connectivity index (χ2n) is 4.57. The maximum absolute atomic E-state index is 5.17. The quantitative estimate of drug-likeness (QED) is 0.945. The highest BCUT2D eigenvalue weighted by molar-refractivity contribution is 9.10. The fourth-order valence-electron chi connectivity index (χ4n) is 2.41. The zero-order valence-electron chi connectivity index (χ0n) is 10.6. The minimum Gasteiger partial charge on any atom is -0.480 e. The molecule has 1 aliphatic rings. The molecule has 1 N–H and O–H groups in total. The molecule has 0 saturated carbocycles. The highest BCUT2D eigenvalue weighted by atomic mass is 79.9. The number of aromatic nitrogens is 2. The van der Waals surface area contributed by atoms with E-state index in [9.17, 15) is 0 Å². The minimum absolute atomic E-state index is 0.350. The van der Waals surface area contributed by atoms with Crippen LogP contribution in [0.1, 0.15) is 11.1 Å². The first kappa shape index (κ1) is 12.4. The van der Waals surface area contributed by atoms with Crippen molar-refractivity contribution in [2.75, 3.05) is 12.4 Å². The average Bonchev–Trinajstić information content (AvgIpc) is 2.83. The van der Waals surface area contributed by atoms with Gasteiger partial charge in [0.15, 0.2) is 0 Å². The van der Waals surface area contributed by atoms with Crippen molar-refractivity contribution in [2.24, 2.45) is 0 Å². The lowest BCUT2D eigenvalue weighted by Gasteiger charge is -2.12. The number of fused-ring (bicyclic) bond motifs is 1. The molecule has 4 nitrogen and oxygen atoms in total. The Morgan fingerprint density at radius 1 is 1.26 bits per heavy atom. The van der Waals surface area contributed by atoms with E-state index in [1.54, 1.807) is 13.3 Å². The van der Waals surface area contributed by atoms with Crippen LogP contribution >= 0.6 is 15.9 Å². The zero-order chi connectivity index (χ0) is 13.2. The third-order valence-corrected chi connectivity index (χ3v) is 3.83. The van der Waals surface area contributed by atoms with Gasteiger partial charge in [-0.3, -0.25) is 0 Å². The summed E-state index contributed by atoms with van der Waals surface area (Å²) in [6.45, 7) is 0. The molecular weight excluding hydrogens is 306 g/mol. The van der Waals surface area contributed by atoms with Crippen LogP contribution in [-0.2, 0) is 12.8 Å². The van der Waals surface area contributed by atoms with E-state index < -0.39 is 0 Å². The molecule has 3 rings (SSSR count). The van der Waals surface area contributed by atoms with Crippen molar-refractivity contribution in [2.45, 2.75) is 18.9 Å². The molecule has 0 bridgehead atoms. The third-order valence-electron chi connectivity index (χ3n) is 3.29. The molecule has 0 fully saturated rings. The van der Waals surface area contributed by atoms with E-state index in [-0.39, 0.29) is 0 Å². The van der Waals surface area contributed by atoms with Crippen molar-refractivity contribution in [1.29, 1.82) is 0 Å². The van der Waals surface area contributed by atoms with E-state index in [0.29, 0.717) is 17.9 Å². The summed E-state index contributed by atoms with van der Waals surface area (Å²) in [5, 5.41) is 3.37. The maximum atomic E-state index is 5.17. The molecule has 0 atom stereocenters. The van der Waals surface area contributed by atoms with Gasteiger partial charge in [0.25, 0.3) is 0 Å². The van der Waals surface area contributed by atoms with Gasteiger partial charge in [0, 0.05) is 6.04 Å². The lowest BCUT2D eigenvalue weighted by atomic mass is 10.1. The molecule has 2 aromatic rings. The standard InChI is InChI=1S/C14H14BrN3O/c1-19-13-12(15)8-16-14(18-13)17-11-6-9-4-2-3-5-10(9)7-11/h2-5,8,11H,6-7H2,1H3,(H,16,17,18). The first-order valence-corrected chi connectivity index (χ1v) is 6.95. The first-order valence-electron chi connectivity index (χ1n) is 6.16. The molecule has 19 heavy (non-hydrogen) atoms. The predicted octanol–water partition coefficient (Wildman–Crippen LogP) is 2.83. The van der Waals surface area contributed by atoms with Gasteiger partial charge in [0.1, 0.15) is 0 Å². The Morgan fingerprint density at radius 2 is 1.95 bits per heavy atom. The van der Waals surface area contributed by atoms with Crippen LogP contribution in [0.3, 0.4) is 0 Å². The summed E-state index contributed by atoms with van der Waals surface area (Å²) in [5.74, 6) is 1.16. The number of rotatable bonds is 3. The van der Waals surface area contributed by atoms with Crippen molar-refractivity contribution in [1.82, 2.24) is 9.97 Å². The third kappa shape index (κ3) is 2.56. The summed E-state index contributed by atoms with van der Waals surface area (Å²) in [6.07, 6.45) is 3.73. The molecule has 0 saturated heterocycles. The summed E-state index contributed by atoms with van der Waals surface area (Å²) < 4.78 is 5.93. The molecule has 0 spiro atoms. The van der Waals surface area contributed by atoms with Crippen molar-refractivity contribution in [3.05, 3.63) is 46.1 Å². The van der Waals surface area contributed by atoms with Crippen LogP contribution in [0.2, 0.25) is 0 Å². The molecule has 0 amide bonds. The molecule has 1 heterocycles. The second kappa shape index (κ2) is 5.17. The largest absolute Gasteiger partial charge is 0.480 e. The number of nitrogens with one attached hydrogen (secondary N) is 1. The van der Waals surface area contributed by atoms with Crippen LogP contribution in [0, 0.1) is 0 Å². The van der Waals surface area contributed by atoms with E-state index in [4.69, 9.17) is 4.74 Å². The molecule has 1 aromatic heterocycles. The number of methoxy groups -OCH3 is 1. The summed E-state index contributed by atoms with van der Waals surface area (Å²) >= 11 is 3.35. The Labute approximate surface area is 120 Å².